The first-order chi connectivity index (χ1) is 14.0. The third kappa shape index (κ3) is 4.10. The predicted octanol–water partition coefficient (Wildman–Crippen LogP) is 3.57. The molecule has 2 aliphatic rings. The molecule has 3 heterocycles. The van der Waals surface area contributed by atoms with E-state index in [1.807, 2.05) is 18.3 Å². The number of hydrogen-bond donors (Lipinski definition) is 2. The van der Waals surface area contributed by atoms with Crippen molar-refractivity contribution in [3.63, 3.8) is 0 Å². The van der Waals surface area contributed by atoms with Gasteiger partial charge in [0.05, 0.1) is 18.9 Å². The SMILES string of the molecule is C=C(/N=C(\C1=C(C)c2cccnc2C1)N1CCOCC1)Nc1cc(C(C)C)[nH]n1. The van der Waals surface area contributed by atoms with Gasteiger partial charge in [0.2, 0.25) is 0 Å². The summed E-state index contributed by atoms with van der Waals surface area (Å²) >= 11 is 0. The summed E-state index contributed by atoms with van der Waals surface area (Å²) in [5.74, 6) is 2.63. The van der Waals surface area contributed by atoms with Crippen molar-refractivity contribution in [2.24, 2.45) is 4.99 Å². The maximum atomic E-state index is 5.55. The minimum Gasteiger partial charge on any atom is -0.378 e. The molecule has 0 bridgehead atoms. The molecular formula is C22H28N6O. The fourth-order valence-corrected chi connectivity index (χ4v) is 3.73. The van der Waals surface area contributed by atoms with Crippen molar-refractivity contribution in [3.05, 3.63) is 59.3 Å². The lowest BCUT2D eigenvalue weighted by Crippen LogP contribution is -2.42. The van der Waals surface area contributed by atoms with Gasteiger partial charge in [0.25, 0.3) is 0 Å². The van der Waals surface area contributed by atoms with Crippen LogP contribution in [0, 0.1) is 0 Å². The van der Waals surface area contributed by atoms with E-state index in [1.54, 1.807) is 0 Å². The first-order valence-corrected chi connectivity index (χ1v) is 10.1. The summed E-state index contributed by atoms with van der Waals surface area (Å²) in [7, 11) is 0. The molecule has 1 aliphatic heterocycles. The highest BCUT2D eigenvalue weighted by atomic mass is 16.5. The number of allylic oxidation sites excluding steroid dienone is 1. The molecule has 1 saturated heterocycles. The number of rotatable bonds is 5. The maximum absolute atomic E-state index is 5.55. The summed E-state index contributed by atoms with van der Waals surface area (Å²) in [6.07, 6.45) is 2.64. The van der Waals surface area contributed by atoms with Crippen molar-refractivity contribution in [3.8, 4) is 0 Å². The highest BCUT2D eigenvalue weighted by molar-refractivity contribution is 6.07. The Labute approximate surface area is 171 Å². The molecule has 0 amide bonds. The van der Waals surface area contributed by atoms with Crippen LogP contribution in [0.3, 0.4) is 0 Å². The Morgan fingerprint density at radius 1 is 1.34 bits per heavy atom. The van der Waals surface area contributed by atoms with Gasteiger partial charge in [0.1, 0.15) is 11.7 Å². The third-order valence-corrected chi connectivity index (χ3v) is 5.40. The van der Waals surface area contributed by atoms with Crippen LogP contribution in [0.2, 0.25) is 0 Å². The van der Waals surface area contributed by atoms with E-state index in [1.165, 1.54) is 16.7 Å². The Balaban J connectivity index is 1.62. The number of morpholine rings is 1. The minimum absolute atomic E-state index is 0.385. The Morgan fingerprint density at radius 3 is 2.83 bits per heavy atom. The van der Waals surface area contributed by atoms with Gasteiger partial charge < -0.3 is 15.0 Å². The average Bonchev–Trinajstić information content (AvgIpc) is 3.32. The van der Waals surface area contributed by atoms with E-state index >= 15 is 0 Å². The number of nitrogens with one attached hydrogen (secondary N) is 2. The number of anilines is 1. The first-order valence-electron chi connectivity index (χ1n) is 10.1. The van der Waals surface area contributed by atoms with Gasteiger partial charge in [-0.25, -0.2) is 4.99 Å². The monoisotopic (exact) mass is 392 g/mol. The topological polar surface area (TPSA) is 78.4 Å². The third-order valence-electron chi connectivity index (χ3n) is 5.40. The van der Waals surface area contributed by atoms with Gasteiger partial charge >= 0.3 is 0 Å². The number of ether oxygens (including phenoxy) is 1. The van der Waals surface area contributed by atoms with E-state index in [4.69, 9.17) is 9.73 Å². The second kappa shape index (κ2) is 8.21. The molecule has 0 atom stereocenters. The molecule has 152 valence electrons. The van der Waals surface area contributed by atoms with Gasteiger partial charge in [0, 0.05) is 43.0 Å². The number of nitrogens with zero attached hydrogens (tertiary/aromatic N) is 4. The lowest BCUT2D eigenvalue weighted by atomic mass is 10.1. The van der Waals surface area contributed by atoms with E-state index in [-0.39, 0.29) is 0 Å². The maximum Gasteiger partial charge on any atom is 0.153 e. The van der Waals surface area contributed by atoms with Crippen LogP contribution < -0.4 is 5.32 Å². The molecule has 0 radical (unpaired) electrons. The Bertz CT molecular complexity index is 965. The zero-order chi connectivity index (χ0) is 20.4. The van der Waals surface area contributed by atoms with Gasteiger partial charge in [-0.2, -0.15) is 5.10 Å². The average molecular weight is 393 g/mol. The predicted molar refractivity (Wildman–Crippen MR) is 116 cm³/mol. The highest BCUT2D eigenvalue weighted by Gasteiger charge is 2.27. The van der Waals surface area contributed by atoms with Crippen molar-refractivity contribution in [2.75, 3.05) is 31.6 Å². The molecule has 0 unspecified atom stereocenters. The molecule has 29 heavy (non-hydrogen) atoms. The van der Waals surface area contributed by atoms with E-state index in [0.29, 0.717) is 25.0 Å². The largest absolute Gasteiger partial charge is 0.378 e. The van der Waals surface area contributed by atoms with Crippen LogP contribution in [0.4, 0.5) is 5.82 Å². The zero-order valence-corrected chi connectivity index (χ0v) is 17.3. The summed E-state index contributed by atoms with van der Waals surface area (Å²) in [5.41, 5.74) is 5.82. The molecule has 0 saturated carbocycles. The second-order valence-electron chi connectivity index (χ2n) is 7.75. The lowest BCUT2D eigenvalue weighted by molar-refractivity contribution is 0.0681. The van der Waals surface area contributed by atoms with E-state index in [9.17, 15) is 0 Å². The summed E-state index contributed by atoms with van der Waals surface area (Å²) in [6.45, 7) is 13.6. The quantitative estimate of drug-likeness (QED) is 0.601. The number of hydrogen-bond acceptors (Lipinski definition) is 5. The molecule has 1 fully saturated rings. The van der Waals surface area contributed by atoms with Gasteiger partial charge in [-0.3, -0.25) is 10.1 Å². The molecule has 0 spiro atoms. The Hall–Kier alpha value is -2.93. The molecule has 7 heteroatoms. The number of amidine groups is 1. The number of H-pyrrole nitrogens is 1. The molecular weight excluding hydrogens is 364 g/mol. The fourth-order valence-electron chi connectivity index (χ4n) is 3.73. The number of fused-ring (bicyclic) bond motifs is 1. The van der Waals surface area contributed by atoms with Crippen LogP contribution in [0.1, 0.15) is 43.6 Å². The Morgan fingerprint density at radius 2 is 2.14 bits per heavy atom. The smallest absolute Gasteiger partial charge is 0.153 e. The standard InChI is InChI=1S/C22H28N6O/c1-14(2)19-13-21(27-26-19)24-16(4)25-22(28-8-10-29-11-9-28)18-12-20-17(15(18)3)6-5-7-23-20/h5-7,13-14H,4,8-12H2,1-3H3,(H2,24,26,27)/b25-22+. The summed E-state index contributed by atoms with van der Waals surface area (Å²) < 4.78 is 5.55. The summed E-state index contributed by atoms with van der Waals surface area (Å²) in [6, 6.07) is 6.12. The van der Waals surface area contributed by atoms with E-state index in [0.717, 1.165) is 42.6 Å². The summed E-state index contributed by atoms with van der Waals surface area (Å²) in [5, 5.41) is 10.6. The highest BCUT2D eigenvalue weighted by Crippen LogP contribution is 2.33. The van der Waals surface area contributed by atoms with E-state index < -0.39 is 0 Å². The lowest BCUT2D eigenvalue weighted by Gasteiger charge is -2.31. The van der Waals surface area contributed by atoms with Crippen LogP contribution >= 0.6 is 0 Å². The van der Waals surface area contributed by atoms with Crippen molar-refractivity contribution < 1.29 is 4.74 Å². The molecule has 7 nitrogen and oxygen atoms in total. The molecule has 4 rings (SSSR count). The zero-order valence-electron chi connectivity index (χ0n) is 17.3. The van der Waals surface area contributed by atoms with Gasteiger partial charge in [-0.05, 0) is 30.0 Å². The molecule has 2 N–H and O–H groups in total. The van der Waals surface area contributed by atoms with Crippen LogP contribution in [0.15, 0.2) is 47.4 Å². The fraction of sp³-hybridized carbons (Fsp3) is 0.409. The van der Waals surface area contributed by atoms with Crippen LogP contribution in [-0.4, -0.2) is 52.2 Å². The minimum atomic E-state index is 0.385. The van der Waals surface area contributed by atoms with Gasteiger partial charge in [-0.1, -0.05) is 26.5 Å². The molecule has 0 aromatic carbocycles. The molecule has 2 aromatic heterocycles. The van der Waals surface area contributed by atoms with Crippen molar-refractivity contribution in [1.82, 2.24) is 20.1 Å². The second-order valence-corrected chi connectivity index (χ2v) is 7.75. The number of pyridine rings is 1. The Kier molecular flexibility index (Phi) is 5.49. The van der Waals surface area contributed by atoms with Crippen LogP contribution in [0.25, 0.3) is 5.57 Å². The van der Waals surface area contributed by atoms with Crippen molar-refractivity contribution in [2.45, 2.75) is 33.1 Å². The van der Waals surface area contributed by atoms with Crippen molar-refractivity contribution >= 4 is 17.2 Å². The van der Waals surface area contributed by atoms with Gasteiger partial charge in [0.15, 0.2) is 5.82 Å². The van der Waals surface area contributed by atoms with Crippen LogP contribution in [-0.2, 0) is 11.2 Å². The summed E-state index contributed by atoms with van der Waals surface area (Å²) in [4.78, 5) is 11.8. The number of aromatic nitrogens is 3. The van der Waals surface area contributed by atoms with Crippen LogP contribution in [0.5, 0.6) is 0 Å². The van der Waals surface area contributed by atoms with E-state index in [2.05, 4.69) is 58.8 Å². The molecule has 1 aliphatic carbocycles. The molecule has 2 aromatic rings. The number of aromatic amines is 1. The normalized spacial score (nSPS) is 17.1. The first kappa shape index (κ1) is 19.4. The van der Waals surface area contributed by atoms with Gasteiger partial charge in [-0.15, -0.1) is 0 Å². The van der Waals surface area contributed by atoms with Crippen molar-refractivity contribution in [1.29, 1.82) is 0 Å². The number of aliphatic imine (C=N–C) groups is 1.